The van der Waals surface area contributed by atoms with Gasteiger partial charge in [0.25, 0.3) is 0 Å². The van der Waals surface area contributed by atoms with Crippen LogP contribution in [0.15, 0.2) is 36.4 Å². The summed E-state index contributed by atoms with van der Waals surface area (Å²) in [7, 11) is 0. The molecule has 0 radical (unpaired) electrons. The molecule has 1 aliphatic heterocycles. The largest absolute Gasteiger partial charge is 0.354 e. The minimum absolute atomic E-state index is 0. The van der Waals surface area contributed by atoms with E-state index in [1.807, 2.05) is 0 Å². The van der Waals surface area contributed by atoms with E-state index in [1.54, 1.807) is 0 Å². The molecule has 2 nitrogen and oxygen atoms in total. The normalized spacial score (nSPS) is 11.0. The van der Waals surface area contributed by atoms with Gasteiger partial charge in [-0.3, -0.25) is 4.70 Å². The molecule has 0 unspecified atom stereocenters. The minimum atomic E-state index is 0. The van der Waals surface area contributed by atoms with Crippen molar-refractivity contribution in [1.82, 2.24) is 0 Å². The molecule has 1 aliphatic rings. The second kappa shape index (κ2) is 4.69. The zero-order valence-electron chi connectivity index (χ0n) is 10.6. The highest BCUT2D eigenvalue weighted by Crippen LogP contribution is 2.48. The molecule has 3 heteroatoms. The second-order valence-electron chi connectivity index (χ2n) is 4.49. The van der Waals surface area contributed by atoms with Crippen molar-refractivity contribution in [2.75, 3.05) is 10.6 Å². The quantitative estimate of drug-likeness (QED) is 0.665. The number of aryl methyl sites for hydroxylation is 2. The van der Waals surface area contributed by atoms with E-state index in [0.717, 1.165) is 12.1 Å². The molecule has 0 atom stereocenters. The third-order valence-electron chi connectivity index (χ3n) is 3.19. The van der Waals surface area contributed by atoms with Crippen LogP contribution in [0.3, 0.4) is 0 Å². The van der Waals surface area contributed by atoms with Crippen LogP contribution in [0.2, 0.25) is 0 Å². The number of fused-ring (bicyclic) bond motifs is 1. The summed E-state index contributed by atoms with van der Waals surface area (Å²) in [6.07, 6.45) is 1.04. The Balaban J connectivity index is 0.00000120. The zero-order chi connectivity index (χ0) is 11.8. The summed E-state index contributed by atoms with van der Waals surface area (Å²) in [6.45, 7) is 4.29. The summed E-state index contributed by atoms with van der Waals surface area (Å²) in [5.41, 5.74) is 7.52. The van der Waals surface area contributed by atoms with Crippen LogP contribution in [-0.4, -0.2) is 0 Å². The van der Waals surface area contributed by atoms with E-state index < -0.39 is 0 Å². The first-order valence-electron chi connectivity index (χ1n) is 6.04. The van der Waals surface area contributed by atoms with Crippen LogP contribution in [0.4, 0.5) is 27.5 Å². The molecular weight excluding hydrogens is 227 g/mol. The number of anilines is 4. The Morgan fingerprint density at radius 3 is 2.44 bits per heavy atom. The lowest BCUT2D eigenvalue weighted by Gasteiger charge is -2.10. The van der Waals surface area contributed by atoms with Crippen molar-refractivity contribution in [1.29, 1.82) is 0 Å². The minimum Gasteiger partial charge on any atom is -0.354 e. The Morgan fingerprint density at radius 1 is 1.06 bits per heavy atom. The molecule has 0 bridgehead atoms. The first kappa shape index (κ1) is 12.4. The lowest BCUT2D eigenvalue weighted by Crippen LogP contribution is -1.93. The van der Waals surface area contributed by atoms with E-state index in [2.05, 4.69) is 60.9 Å². The molecule has 0 amide bonds. The molecule has 3 rings (SSSR count). The van der Waals surface area contributed by atoms with Gasteiger partial charge in [0, 0.05) is 5.69 Å². The van der Waals surface area contributed by atoms with Crippen LogP contribution in [-0.2, 0) is 6.42 Å². The SMILES string of the molecule is CCc1ccc2c(c1Nc1ccc(C)cc1)N2.F. The summed E-state index contributed by atoms with van der Waals surface area (Å²) in [5.74, 6) is 0. The Bertz CT molecular complexity index is 561. The maximum atomic E-state index is 3.51. The summed E-state index contributed by atoms with van der Waals surface area (Å²) in [5, 5.41) is 6.81. The lowest BCUT2D eigenvalue weighted by molar-refractivity contribution is 1.11. The first-order valence-corrected chi connectivity index (χ1v) is 6.04. The molecule has 0 saturated carbocycles. The predicted molar refractivity (Wildman–Crippen MR) is 76.1 cm³/mol. The van der Waals surface area contributed by atoms with Crippen molar-refractivity contribution in [3.63, 3.8) is 0 Å². The fraction of sp³-hybridized carbons (Fsp3) is 0.200. The number of benzene rings is 2. The van der Waals surface area contributed by atoms with Gasteiger partial charge in [0.1, 0.15) is 0 Å². The zero-order valence-corrected chi connectivity index (χ0v) is 10.6. The molecule has 1 heterocycles. The molecule has 0 aromatic heterocycles. The predicted octanol–water partition coefficient (Wildman–Crippen LogP) is 4.51. The third-order valence-corrected chi connectivity index (χ3v) is 3.19. The highest BCUT2D eigenvalue weighted by molar-refractivity contribution is 6.02. The van der Waals surface area contributed by atoms with Gasteiger partial charge in [-0.05, 0) is 37.1 Å². The monoisotopic (exact) mass is 244 g/mol. The van der Waals surface area contributed by atoms with E-state index in [1.165, 1.54) is 28.2 Å². The maximum Gasteiger partial charge on any atom is 0.0866 e. The average Bonchev–Trinajstić information content (AvgIpc) is 3.12. The highest BCUT2D eigenvalue weighted by atomic mass is 19.0. The summed E-state index contributed by atoms with van der Waals surface area (Å²) >= 11 is 0. The molecule has 2 N–H and O–H groups in total. The molecule has 0 aliphatic carbocycles. The van der Waals surface area contributed by atoms with Crippen molar-refractivity contribution in [2.24, 2.45) is 0 Å². The van der Waals surface area contributed by atoms with Crippen molar-refractivity contribution in [3.8, 4) is 0 Å². The van der Waals surface area contributed by atoms with Gasteiger partial charge in [0.15, 0.2) is 0 Å². The van der Waals surface area contributed by atoms with Gasteiger partial charge in [-0.25, -0.2) is 0 Å². The van der Waals surface area contributed by atoms with Crippen LogP contribution in [0.5, 0.6) is 0 Å². The Kier molecular flexibility index (Phi) is 3.24. The second-order valence-corrected chi connectivity index (χ2v) is 4.49. The van der Waals surface area contributed by atoms with Crippen LogP contribution in [0, 0.1) is 6.92 Å². The fourth-order valence-electron chi connectivity index (χ4n) is 2.07. The van der Waals surface area contributed by atoms with Crippen LogP contribution in [0.1, 0.15) is 18.1 Å². The topological polar surface area (TPSA) is 34.0 Å². The number of nitrogens with one attached hydrogen (secondary N) is 2. The molecule has 0 saturated heterocycles. The van der Waals surface area contributed by atoms with E-state index in [4.69, 9.17) is 0 Å². The van der Waals surface area contributed by atoms with Gasteiger partial charge >= 0.3 is 0 Å². The molecule has 94 valence electrons. The van der Waals surface area contributed by atoms with Crippen molar-refractivity contribution < 1.29 is 4.70 Å². The Labute approximate surface area is 106 Å². The van der Waals surface area contributed by atoms with E-state index in [9.17, 15) is 0 Å². The molecular formula is C15H17FN2. The molecule has 2 aromatic carbocycles. The number of hydrogen-bond donors (Lipinski definition) is 2. The number of hydrogen-bond acceptors (Lipinski definition) is 2. The number of rotatable bonds is 3. The summed E-state index contributed by atoms with van der Waals surface area (Å²) in [4.78, 5) is 0. The van der Waals surface area contributed by atoms with Crippen LogP contribution in [0.25, 0.3) is 0 Å². The van der Waals surface area contributed by atoms with Gasteiger partial charge in [-0.2, -0.15) is 0 Å². The van der Waals surface area contributed by atoms with Gasteiger partial charge in [-0.1, -0.05) is 30.7 Å². The van der Waals surface area contributed by atoms with E-state index >= 15 is 0 Å². The van der Waals surface area contributed by atoms with Gasteiger partial charge < -0.3 is 10.6 Å². The molecule has 0 spiro atoms. The van der Waals surface area contributed by atoms with Gasteiger partial charge in [0.05, 0.1) is 17.1 Å². The van der Waals surface area contributed by atoms with Crippen molar-refractivity contribution in [3.05, 3.63) is 47.5 Å². The van der Waals surface area contributed by atoms with Gasteiger partial charge in [0.2, 0.25) is 0 Å². The molecule has 18 heavy (non-hydrogen) atoms. The smallest absolute Gasteiger partial charge is 0.0866 e. The third kappa shape index (κ3) is 2.16. The van der Waals surface area contributed by atoms with Gasteiger partial charge in [-0.15, -0.1) is 0 Å². The van der Waals surface area contributed by atoms with Crippen LogP contribution < -0.4 is 10.6 Å². The summed E-state index contributed by atoms with van der Waals surface area (Å²) in [6, 6.07) is 12.8. The van der Waals surface area contributed by atoms with E-state index in [-0.39, 0.29) is 4.70 Å². The van der Waals surface area contributed by atoms with E-state index in [0.29, 0.717) is 0 Å². The standard InChI is InChI=1S/C15H16N2.FH/c1-3-11-6-9-13-15(17-13)14(11)16-12-7-4-10(2)5-8-12;/h4-9,16-17H,3H2,1-2H3;1H. The fourth-order valence-corrected chi connectivity index (χ4v) is 2.07. The number of halogens is 1. The molecule has 2 aromatic rings. The average molecular weight is 244 g/mol. The lowest BCUT2D eigenvalue weighted by atomic mass is 10.1. The molecule has 0 fully saturated rings. The van der Waals surface area contributed by atoms with Crippen molar-refractivity contribution >= 4 is 22.7 Å². The summed E-state index contributed by atoms with van der Waals surface area (Å²) < 4.78 is 0. The Hall–Kier alpha value is -2.03. The van der Waals surface area contributed by atoms with Crippen LogP contribution >= 0.6 is 0 Å². The van der Waals surface area contributed by atoms with Crippen molar-refractivity contribution in [2.45, 2.75) is 20.3 Å². The first-order chi connectivity index (χ1) is 8.28. The highest BCUT2D eigenvalue weighted by Gasteiger charge is 2.22. The maximum absolute atomic E-state index is 3.51. The Morgan fingerprint density at radius 2 is 1.78 bits per heavy atom.